The van der Waals surface area contributed by atoms with Gasteiger partial charge >= 0.3 is 0 Å². The molecule has 1 aromatic carbocycles. The van der Waals surface area contributed by atoms with Crippen LogP contribution in [0.3, 0.4) is 0 Å². The highest BCUT2D eigenvalue weighted by Crippen LogP contribution is 2.21. The molecule has 3 aromatic rings. The highest BCUT2D eigenvalue weighted by atomic mass is 32.1. The van der Waals surface area contributed by atoms with Crippen molar-refractivity contribution in [3.05, 3.63) is 64.8 Å². The fourth-order valence-electron chi connectivity index (χ4n) is 2.20. The molecule has 4 nitrogen and oxygen atoms in total. The first-order valence-electron chi connectivity index (χ1n) is 7.16. The zero-order chi connectivity index (χ0) is 16.1. The Morgan fingerprint density at radius 2 is 2.09 bits per heavy atom. The number of hydrogen-bond acceptors (Lipinski definition) is 4. The molecule has 0 spiro atoms. The third-order valence-electron chi connectivity index (χ3n) is 3.33. The molecule has 0 N–H and O–H groups in total. The van der Waals surface area contributed by atoms with Gasteiger partial charge in [-0.25, -0.2) is 9.38 Å². The number of aromatic nitrogens is 2. The monoisotopic (exact) mass is 329 g/mol. The zero-order valence-electron chi connectivity index (χ0n) is 12.6. The van der Waals surface area contributed by atoms with Gasteiger partial charge in [0.1, 0.15) is 5.82 Å². The summed E-state index contributed by atoms with van der Waals surface area (Å²) in [7, 11) is 1.67. The van der Waals surface area contributed by atoms with Crippen LogP contribution in [0.5, 0.6) is 0 Å². The smallest absolute Gasteiger partial charge is 0.190 e. The van der Waals surface area contributed by atoms with Gasteiger partial charge in [-0.05, 0) is 42.0 Å². The Balaban J connectivity index is 2.07. The average molecular weight is 329 g/mol. The molecule has 0 aliphatic rings. The van der Waals surface area contributed by atoms with Crippen molar-refractivity contribution in [1.82, 2.24) is 9.55 Å². The summed E-state index contributed by atoms with van der Waals surface area (Å²) < 4.78 is 20.4. The van der Waals surface area contributed by atoms with Gasteiger partial charge in [0.25, 0.3) is 0 Å². The maximum Gasteiger partial charge on any atom is 0.190 e. The van der Waals surface area contributed by atoms with E-state index in [1.165, 1.54) is 23.5 Å². The molecule has 2 aromatic heterocycles. The van der Waals surface area contributed by atoms with Gasteiger partial charge in [-0.15, -0.1) is 11.3 Å². The highest BCUT2D eigenvalue weighted by Gasteiger charge is 2.08. The summed E-state index contributed by atoms with van der Waals surface area (Å²) in [5, 5.41) is 2.03. The van der Waals surface area contributed by atoms with Crippen LogP contribution in [0.1, 0.15) is 0 Å². The second-order valence-corrected chi connectivity index (χ2v) is 5.71. The molecule has 3 rings (SSSR count). The number of rotatable bonds is 5. The van der Waals surface area contributed by atoms with E-state index in [-0.39, 0.29) is 5.82 Å². The van der Waals surface area contributed by atoms with Gasteiger partial charge in [0.15, 0.2) is 4.80 Å². The normalized spacial score (nSPS) is 11.8. The third kappa shape index (κ3) is 3.72. The lowest BCUT2D eigenvalue weighted by molar-refractivity contribution is 0.187. The molecule has 0 saturated carbocycles. The maximum atomic E-state index is 13.1. The van der Waals surface area contributed by atoms with Gasteiger partial charge in [-0.2, -0.15) is 0 Å². The molecule has 0 bridgehead atoms. The summed E-state index contributed by atoms with van der Waals surface area (Å²) in [6.45, 7) is 1.25. The lowest BCUT2D eigenvalue weighted by Crippen LogP contribution is -2.18. The van der Waals surface area contributed by atoms with Crippen molar-refractivity contribution in [3.8, 4) is 11.3 Å². The summed E-state index contributed by atoms with van der Waals surface area (Å²) in [5.74, 6) is -0.243. The largest absolute Gasteiger partial charge is 0.383 e. The number of pyridine rings is 1. The van der Waals surface area contributed by atoms with Crippen molar-refractivity contribution in [2.75, 3.05) is 13.7 Å². The van der Waals surface area contributed by atoms with Crippen molar-refractivity contribution in [3.63, 3.8) is 0 Å². The van der Waals surface area contributed by atoms with Crippen LogP contribution < -0.4 is 4.80 Å². The highest BCUT2D eigenvalue weighted by molar-refractivity contribution is 7.07. The average Bonchev–Trinajstić information content (AvgIpc) is 2.97. The summed E-state index contributed by atoms with van der Waals surface area (Å²) in [4.78, 5) is 9.59. The minimum atomic E-state index is -0.243. The van der Waals surface area contributed by atoms with Crippen LogP contribution in [0.25, 0.3) is 11.3 Å². The number of methoxy groups -OCH3 is 1. The van der Waals surface area contributed by atoms with Gasteiger partial charge in [-0.1, -0.05) is 0 Å². The first-order valence-corrected chi connectivity index (χ1v) is 8.04. The SMILES string of the molecule is COCCn1c(-c2ccc(F)cc2)csc1=Nc1cccnc1. The van der Waals surface area contributed by atoms with Crippen molar-refractivity contribution >= 4 is 17.0 Å². The minimum absolute atomic E-state index is 0.243. The molecule has 118 valence electrons. The Bertz CT molecular complexity index is 825. The Morgan fingerprint density at radius 3 is 2.78 bits per heavy atom. The van der Waals surface area contributed by atoms with E-state index in [0.717, 1.165) is 21.7 Å². The van der Waals surface area contributed by atoms with E-state index in [1.54, 1.807) is 31.6 Å². The Hall–Kier alpha value is -2.31. The first-order chi connectivity index (χ1) is 11.3. The van der Waals surface area contributed by atoms with Crippen molar-refractivity contribution in [1.29, 1.82) is 0 Å². The molecule has 2 heterocycles. The first kappa shape index (κ1) is 15.6. The summed E-state index contributed by atoms with van der Waals surface area (Å²) >= 11 is 1.54. The number of ether oxygens (including phenoxy) is 1. The molecule has 6 heteroatoms. The van der Waals surface area contributed by atoms with Gasteiger partial charge in [-0.3, -0.25) is 4.98 Å². The second kappa shape index (κ2) is 7.30. The van der Waals surface area contributed by atoms with E-state index < -0.39 is 0 Å². The molecule has 23 heavy (non-hydrogen) atoms. The molecule has 0 aliphatic carbocycles. The van der Waals surface area contributed by atoms with Crippen LogP contribution in [-0.2, 0) is 11.3 Å². The van der Waals surface area contributed by atoms with E-state index in [2.05, 4.69) is 14.5 Å². The van der Waals surface area contributed by atoms with Crippen LogP contribution in [0, 0.1) is 5.82 Å². The van der Waals surface area contributed by atoms with Crippen molar-refractivity contribution < 1.29 is 9.13 Å². The molecular weight excluding hydrogens is 313 g/mol. The number of halogens is 1. The van der Waals surface area contributed by atoms with Crippen LogP contribution in [0.4, 0.5) is 10.1 Å². The predicted octanol–water partition coefficient (Wildman–Crippen LogP) is 3.63. The summed E-state index contributed by atoms with van der Waals surface area (Å²) in [6, 6.07) is 10.2. The van der Waals surface area contributed by atoms with Crippen molar-refractivity contribution in [2.24, 2.45) is 4.99 Å². The van der Waals surface area contributed by atoms with Crippen molar-refractivity contribution in [2.45, 2.75) is 6.54 Å². The van der Waals surface area contributed by atoms with Gasteiger partial charge in [0.05, 0.1) is 24.2 Å². The van der Waals surface area contributed by atoms with E-state index in [0.29, 0.717) is 13.2 Å². The molecule has 0 saturated heterocycles. The standard InChI is InChI=1S/C17H16FN3OS/c1-22-10-9-21-16(13-4-6-14(18)7-5-13)12-23-17(21)20-15-3-2-8-19-11-15/h2-8,11-12H,9-10H2,1H3. The van der Waals surface area contributed by atoms with E-state index in [1.807, 2.05) is 17.5 Å². The van der Waals surface area contributed by atoms with Gasteiger partial charge < -0.3 is 9.30 Å². The van der Waals surface area contributed by atoms with E-state index >= 15 is 0 Å². The number of nitrogens with zero attached hydrogens (tertiary/aromatic N) is 3. The van der Waals surface area contributed by atoms with Gasteiger partial charge in [0.2, 0.25) is 0 Å². The van der Waals surface area contributed by atoms with E-state index in [9.17, 15) is 4.39 Å². The number of benzene rings is 1. The third-order valence-corrected chi connectivity index (χ3v) is 4.19. The number of thiazole rings is 1. The van der Waals surface area contributed by atoms with Crippen LogP contribution in [0.15, 0.2) is 59.2 Å². The quantitative estimate of drug-likeness (QED) is 0.717. The van der Waals surface area contributed by atoms with Crippen LogP contribution in [0.2, 0.25) is 0 Å². The lowest BCUT2D eigenvalue weighted by Gasteiger charge is -2.08. The zero-order valence-corrected chi connectivity index (χ0v) is 13.5. The summed E-state index contributed by atoms with van der Waals surface area (Å²) in [5.41, 5.74) is 2.74. The fraction of sp³-hybridized carbons (Fsp3) is 0.176. The molecule has 0 aliphatic heterocycles. The minimum Gasteiger partial charge on any atom is -0.383 e. The number of hydrogen-bond donors (Lipinski definition) is 0. The van der Waals surface area contributed by atoms with Crippen LogP contribution in [-0.4, -0.2) is 23.3 Å². The molecule has 0 amide bonds. The van der Waals surface area contributed by atoms with E-state index in [4.69, 9.17) is 4.74 Å². The Kier molecular flexibility index (Phi) is 4.95. The molecule has 0 unspecified atom stereocenters. The molecule has 0 radical (unpaired) electrons. The topological polar surface area (TPSA) is 39.4 Å². The Labute approximate surface area is 137 Å². The second-order valence-electron chi connectivity index (χ2n) is 4.88. The predicted molar refractivity (Wildman–Crippen MR) is 89.0 cm³/mol. The fourth-order valence-corrected chi connectivity index (χ4v) is 3.15. The Morgan fingerprint density at radius 1 is 1.26 bits per heavy atom. The summed E-state index contributed by atoms with van der Waals surface area (Å²) in [6.07, 6.45) is 3.44. The molecule has 0 fully saturated rings. The van der Waals surface area contributed by atoms with Crippen LogP contribution >= 0.6 is 11.3 Å². The molecular formula is C17H16FN3OS. The lowest BCUT2D eigenvalue weighted by atomic mass is 10.2. The molecule has 0 atom stereocenters. The maximum absolute atomic E-state index is 13.1. The van der Waals surface area contributed by atoms with Gasteiger partial charge in [0, 0.05) is 25.2 Å².